The lowest BCUT2D eigenvalue weighted by atomic mass is 9.96. The van der Waals surface area contributed by atoms with Gasteiger partial charge in [-0.25, -0.2) is 0 Å². The summed E-state index contributed by atoms with van der Waals surface area (Å²) >= 11 is 0. The van der Waals surface area contributed by atoms with E-state index in [1.165, 1.54) is 12.1 Å². The highest BCUT2D eigenvalue weighted by atomic mass is 19.4. The molecule has 9 heteroatoms. The molecule has 0 spiro atoms. The molecule has 1 N–H and O–H groups in total. The van der Waals surface area contributed by atoms with Crippen LogP contribution in [0.3, 0.4) is 0 Å². The fourth-order valence-corrected chi connectivity index (χ4v) is 4.82. The number of amides is 1. The van der Waals surface area contributed by atoms with Gasteiger partial charge in [0.2, 0.25) is 0 Å². The molecule has 1 atom stereocenters. The Kier molecular flexibility index (Phi) is 10.6. The van der Waals surface area contributed by atoms with Crippen LogP contribution in [0, 0.1) is 6.92 Å². The van der Waals surface area contributed by atoms with E-state index in [-0.39, 0.29) is 37.6 Å². The molecule has 0 aliphatic heterocycles. The Hall–Kier alpha value is -4.92. The molecule has 0 aliphatic rings. The van der Waals surface area contributed by atoms with Gasteiger partial charge >= 0.3 is 18.1 Å². The quantitative estimate of drug-likeness (QED) is 0.177. The summed E-state index contributed by atoms with van der Waals surface area (Å²) in [5, 5.41) is 2.86. The van der Waals surface area contributed by atoms with Crippen LogP contribution in [-0.2, 0) is 31.7 Å². The number of benzene rings is 4. The number of hydrogen-bond acceptors (Lipinski definition) is 5. The molecule has 0 bridgehead atoms. The number of ether oxygens (including phenoxy) is 2. The monoisotopic (exact) mass is 603 g/mol. The topological polar surface area (TPSA) is 81.7 Å². The van der Waals surface area contributed by atoms with E-state index >= 15 is 0 Å². The van der Waals surface area contributed by atoms with Crippen molar-refractivity contribution in [2.75, 3.05) is 18.5 Å². The van der Waals surface area contributed by atoms with Gasteiger partial charge in [-0.2, -0.15) is 13.2 Å². The second-order valence-corrected chi connectivity index (χ2v) is 10.1. The highest BCUT2D eigenvalue weighted by Gasteiger charge is 2.30. The first-order valence-electron chi connectivity index (χ1n) is 14.1. The standard InChI is InChI=1S/C35H32F3NO5/c1-3-43-34(42)29(24-10-5-4-6-11-24)20-21-44-32(40)22-26-12-9-15-31(23(26)2)39-33(41)30-14-8-7-13-28(30)25-16-18-27(19-17-25)35(36,37)38/h4-19,29H,3,20-22H2,1-2H3,(H,39,41). The van der Waals surface area contributed by atoms with E-state index < -0.39 is 29.5 Å². The maximum Gasteiger partial charge on any atom is 0.416 e. The molecule has 0 radical (unpaired) electrons. The largest absolute Gasteiger partial charge is 0.466 e. The van der Waals surface area contributed by atoms with Crippen molar-refractivity contribution in [3.63, 3.8) is 0 Å². The zero-order chi connectivity index (χ0) is 31.7. The van der Waals surface area contributed by atoms with Gasteiger partial charge in [0.15, 0.2) is 0 Å². The van der Waals surface area contributed by atoms with Gasteiger partial charge < -0.3 is 14.8 Å². The number of hydrogen-bond donors (Lipinski definition) is 1. The normalized spacial score (nSPS) is 11.8. The Balaban J connectivity index is 1.41. The first-order chi connectivity index (χ1) is 21.1. The first kappa shape index (κ1) is 32.0. The third-order valence-corrected chi connectivity index (χ3v) is 7.17. The van der Waals surface area contributed by atoms with Crippen LogP contribution in [0.4, 0.5) is 18.9 Å². The molecule has 1 amide bonds. The fourth-order valence-electron chi connectivity index (χ4n) is 4.82. The third kappa shape index (κ3) is 8.12. The van der Waals surface area contributed by atoms with Crippen LogP contribution in [0.25, 0.3) is 11.1 Å². The second-order valence-electron chi connectivity index (χ2n) is 10.1. The van der Waals surface area contributed by atoms with Crippen molar-refractivity contribution in [3.05, 3.63) is 125 Å². The average molecular weight is 604 g/mol. The number of carbonyl (C=O) groups excluding carboxylic acids is 3. The van der Waals surface area contributed by atoms with Gasteiger partial charge in [-0.15, -0.1) is 0 Å². The maximum absolute atomic E-state index is 13.3. The first-order valence-corrected chi connectivity index (χ1v) is 14.1. The number of rotatable bonds is 11. The molecule has 0 aliphatic carbocycles. The van der Waals surface area contributed by atoms with Crippen LogP contribution in [0.1, 0.15) is 51.9 Å². The fraction of sp³-hybridized carbons (Fsp3) is 0.229. The summed E-state index contributed by atoms with van der Waals surface area (Å²) in [5.74, 6) is -1.88. The van der Waals surface area contributed by atoms with Crippen LogP contribution >= 0.6 is 0 Å². The van der Waals surface area contributed by atoms with E-state index in [4.69, 9.17) is 9.47 Å². The van der Waals surface area contributed by atoms with E-state index in [1.54, 1.807) is 56.3 Å². The molecule has 4 aromatic carbocycles. The van der Waals surface area contributed by atoms with Gasteiger partial charge in [0.25, 0.3) is 5.91 Å². The number of esters is 2. The van der Waals surface area contributed by atoms with E-state index in [9.17, 15) is 27.6 Å². The highest BCUT2D eigenvalue weighted by molar-refractivity contribution is 6.09. The molecule has 228 valence electrons. The van der Waals surface area contributed by atoms with Crippen LogP contribution in [0.2, 0.25) is 0 Å². The van der Waals surface area contributed by atoms with Crippen molar-refractivity contribution < 1.29 is 37.0 Å². The Morgan fingerprint density at radius 3 is 2.18 bits per heavy atom. The molecule has 44 heavy (non-hydrogen) atoms. The van der Waals surface area contributed by atoms with Gasteiger partial charge in [-0.05, 0) is 72.4 Å². The molecule has 0 saturated heterocycles. The minimum Gasteiger partial charge on any atom is -0.466 e. The Labute approximate surface area is 253 Å². The van der Waals surface area contributed by atoms with Crippen LogP contribution in [-0.4, -0.2) is 31.1 Å². The molecule has 0 heterocycles. The number of halogens is 3. The number of nitrogens with one attached hydrogen (secondary N) is 1. The SMILES string of the molecule is CCOC(=O)C(CCOC(=O)Cc1cccc(NC(=O)c2ccccc2-c2ccc(C(F)(F)F)cc2)c1C)c1ccccc1. The molecular formula is C35H32F3NO5. The lowest BCUT2D eigenvalue weighted by Gasteiger charge is -2.16. The maximum atomic E-state index is 13.3. The number of alkyl halides is 3. The summed E-state index contributed by atoms with van der Waals surface area (Å²) in [6.07, 6.45) is -4.24. The van der Waals surface area contributed by atoms with Crippen LogP contribution in [0.15, 0.2) is 97.1 Å². The van der Waals surface area contributed by atoms with Gasteiger partial charge in [0.05, 0.1) is 31.1 Å². The smallest absolute Gasteiger partial charge is 0.416 e. The van der Waals surface area contributed by atoms with Crippen molar-refractivity contribution in [1.29, 1.82) is 0 Å². The zero-order valence-electron chi connectivity index (χ0n) is 24.3. The van der Waals surface area contributed by atoms with E-state index in [2.05, 4.69) is 5.32 Å². The van der Waals surface area contributed by atoms with Crippen molar-refractivity contribution in [3.8, 4) is 11.1 Å². The van der Waals surface area contributed by atoms with Gasteiger partial charge in [0.1, 0.15) is 0 Å². The molecule has 0 saturated carbocycles. The van der Waals surface area contributed by atoms with E-state index in [0.29, 0.717) is 27.9 Å². The molecule has 4 aromatic rings. The summed E-state index contributed by atoms with van der Waals surface area (Å²) in [6.45, 7) is 3.77. The summed E-state index contributed by atoms with van der Waals surface area (Å²) in [5.41, 5.74) is 3.03. The highest BCUT2D eigenvalue weighted by Crippen LogP contribution is 2.32. The van der Waals surface area contributed by atoms with E-state index in [1.807, 2.05) is 30.3 Å². The molecule has 6 nitrogen and oxygen atoms in total. The van der Waals surface area contributed by atoms with Crippen molar-refractivity contribution in [1.82, 2.24) is 0 Å². The predicted molar refractivity (Wildman–Crippen MR) is 161 cm³/mol. The molecular weight excluding hydrogens is 571 g/mol. The lowest BCUT2D eigenvalue weighted by molar-refractivity contribution is -0.148. The number of anilines is 1. The van der Waals surface area contributed by atoms with E-state index in [0.717, 1.165) is 17.7 Å². The average Bonchev–Trinajstić information content (AvgIpc) is 3.01. The zero-order valence-corrected chi connectivity index (χ0v) is 24.3. The summed E-state index contributed by atoms with van der Waals surface area (Å²) in [4.78, 5) is 38.5. The third-order valence-electron chi connectivity index (χ3n) is 7.17. The summed E-state index contributed by atoms with van der Waals surface area (Å²) in [7, 11) is 0. The Morgan fingerprint density at radius 2 is 1.50 bits per heavy atom. The molecule has 0 aromatic heterocycles. The van der Waals surface area contributed by atoms with Crippen molar-refractivity contribution in [2.24, 2.45) is 0 Å². The van der Waals surface area contributed by atoms with Crippen LogP contribution in [0.5, 0.6) is 0 Å². The Bertz CT molecular complexity index is 1600. The molecule has 0 fully saturated rings. The Morgan fingerprint density at radius 1 is 0.818 bits per heavy atom. The van der Waals surface area contributed by atoms with Crippen molar-refractivity contribution >= 4 is 23.5 Å². The second kappa shape index (κ2) is 14.5. The summed E-state index contributed by atoms with van der Waals surface area (Å²) < 4.78 is 49.7. The predicted octanol–water partition coefficient (Wildman–Crippen LogP) is 7.76. The van der Waals surface area contributed by atoms with Gasteiger partial charge in [-0.1, -0.05) is 72.8 Å². The summed E-state index contributed by atoms with van der Waals surface area (Å²) in [6, 6.07) is 25.6. The minimum absolute atomic E-state index is 0.0212. The van der Waals surface area contributed by atoms with Gasteiger partial charge in [-0.3, -0.25) is 14.4 Å². The minimum atomic E-state index is -4.46. The van der Waals surface area contributed by atoms with Gasteiger partial charge in [0, 0.05) is 11.3 Å². The lowest BCUT2D eigenvalue weighted by Crippen LogP contribution is -2.19. The molecule has 1 unspecified atom stereocenters. The van der Waals surface area contributed by atoms with Crippen LogP contribution < -0.4 is 5.32 Å². The number of carbonyl (C=O) groups is 3. The molecule has 4 rings (SSSR count). The van der Waals surface area contributed by atoms with Crippen molar-refractivity contribution in [2.45, 2.75) is 38.8 Å².